The van der Waals surface area contributed by atoms with Gasteiger partial charge in [-0.2, -0.15) is 0 Å². The second kappa shape index (κ2) is 6.16. The molecule has 1 unspecified atom stereocenters. The van der Waals surface area contributed by atoms with Crippen molar-refractivity contribution in [2.45, 2.75) is 45.7 Å². The molecule has 2 aromatic heterocycles. The number of hydrogen-bond donors (Lipinski definition) is 1. The van der Waals surface area contributed by atoms with Gasteiger partial charge in [0.1, 0.15) is 5.82 Å². The summed E-state index contributed by atoms with van der Waals surface area (Å²) in [5, 5.41) is 0. The number of hydrogen-bond acceptors (Lipinski definition) is 3. The minimum absolute atomic E-state index is 0.586. The molecule has 0 radical (unpaired) electrons. The van der Waals surface area contributed by atoms with Gasteiger partial charge >= 0.3 is 0 Å². The van der Waals surface area contributed by atoms with Gasteiger partial charge in [0.2, 0.25) is 0 Å². The van der Waals surface area contributed by atoms with Crippen LogP contribution in [0.3, 0.4) is 0 Å². The molecule has 1 aliphatic heterocycles. The van der Waals surface area contributed by atoms with E-state index in [4.69, 9.17) is 5.73 Å². The fourth-order valence-corrected chi connectivity index (χ4v) is 3.37. The van der Waals surface area contributed by atoms with Crippen LogP contribution in [0.4, 0.5) is 0 Å². The topological polar surface area (TPSA) is 46.6 Å². The molecule has 2 aromatic rings. The van der Waals surface area contributed by atoms with Gasteiger partial charge in [0.15, 0.2) is 0 Å². The number of nitrogens with zero attached hydrogens (tertiary/aromatic N) is 3. The molecule has 2 N–H and O–H groups in total. The van der Waals surface area contributed by atoms with Crippen molar-refractivity contribution in [1.82, 2.24) is 14.3 Å². The molecule has 0 saturated carbocycles. The predicted molar refractivity (Wildman–Crippen MR) is 86.2 cm³/mol. The Bertz CT molecular complexity index is 602. The van der Waals surface area contributed by atoms with Crippen LogP contribution >= 0.6 is 0 Å². The molecule has 0 aromatic carbocycles. The van der Waals surface area contributed by atoms with Crippen molar-refractivity contribution in [3.8, 4) is 0 Å². The van der Waals surface area contributed by atoms with Gasteiger partial charge in [0, 0.05) is 31.7 Å². The van der Waals surface area contributed by atoms with Crippen LogP contribution in [0.5, 0.6) is 0 Å². The summed E-state index contributed by atoms with van der Waals surface area (Å²) in [6.45, 7) is 7.62. The summed E-state index contributed by atoms with van der Waals surface area (Å²) in [5.41, 5.74) is 8.03. The number of nitrogens with two attached hydrogens (primary N) is 1. The maximum absolute atomic E-state index is 5.71. The number of aromatic nitrogens is 2. The predicted octanol–water partition coefficient (Wildman–Crippen LogP) is 2.46. The Hall–Kier alpha value is -1.39. The van der Waals surface area contributed by atoms with Crippen molar-refractivity contribution in [1.29, 1.82) is 0 Å². The lowest BCUT2D eigenvalue weighted by atomic mass is 9.93. The van der Waals surface area contributed by atoms with E-state index in [1.165, 1.54) is 31.8 Å². The normalized spacial score (nSPS) is 20.5. The Morgan fingerprint density at radius 2 is 2.29 bits per heavy atom. The second-order valence-electron chi connectivity index (χ2n) is 6.51. The summed E-state index contributed by atoms with van der Waals surface area (Å²) >= 11 is 0. The van der Waals surface area contributed by atoms with Crippen molar-refractivity contribution in [2.24, 2.45) is 11.7 Å². The molecule has 0 aliphatic carbocycles. The molecule has 0 bridgehead atoms. The Balaban J connectivity index is 1.75. The summed E-state index contributed by atoms with van der Waals surface area (Å²) in [5.74, 6) is 1.91. The number of fused-ring (bicyclic) bond motifs is 1. The van der Waals surface area contributed by atoms with Crippen molar-refractivity contribution in [3.05, 3.63) is 35.9 Å². The van der Waals surface area contributed by atoms with Gasteiger partial charge in [-0.15, -0.1) is 0 Å². The molecule has 1 fully saturated rings. The largest absolute Gasteiger partial charge is 0.326 e. The van der Waals surface area contributed by atoms with Crippen molar-refractivity contribution >= 4 is 5.52 Å². The Kier molecular flexibility index (Phi) is 4.27. The first-order valence-electron chi connectivity index (χ1n) is 8.06. The van der Waals surface area contributed by atoms with Gasteiger partial charge < -0.3 is 15.0 Å². The minimum atomic E-state index is 0.586. The van der Waals surface area contributed by atoms with Gasteiger partial charge in [-0.25, -0.2) is 4.98 Å². The van der Waals surface area contributed by atoms with Crippen molar-refractivity contribution < 1.29 is 0 Å². The highest BCUT2D eigenvalue weighted by molar-refractivity contribution is 5.48. The lowest BCUT2D eigenvalue weighted by molar-refractivity contribution is 0.138. The van der Waals surface area contributed by atoms with Crippen LogP contribution in [0.15, 0.2) is 24.5 Å². The maximum Gasteiger partial charge on any atom is 0.113 e. The smallest absolute Gasteiger partial charge is 0.113 e. The highest BCUT2D eigenvalue weighted by atomic mass is 15.2. The third kappa shape index (κ3) is 3.11. The average molecular weight is 286 g/mol. The van der Waals surface area contributed by atoms with Crippen LogP contribution in [-0.4, -0.2) is 33.4 Å². The highest BCUT2D eigenvalue weighted by Gasteiger charge is 2.23. The van der Waals surface area contributed by atoms with Crippen LogP contribution in [0, 0.1) is 5.92 Å². The van der Waals surface area contributed by atoms with Crippen LogP contribution in [0.1, 0.15) is 38.1 Å². The molecule has 4 heteroatoms. The van der Waals surface area contributed by atoms with Gasteiger partial charge in [-0.3, -0.25) is 0 Å². The number of rotatable bonds is 4. The van der Waals surface area contributed by atoms with Crippen LogP contribution in [-0.2, 0) is 13.0 Å². The Morgan fingerprint density at radius 3 is 3.05 bits per heavy atom. The van der Waals surface area contributed by atoms with E-state index in [0.29, 0.717) is 12.6 Å². The SMILES string of the molecule is CC(C)N1CCCC(Cc2ncc3cc(CN)ccn23)C1. The summed E-state index contributed by atoms with van der Waals surface area (Å²) in [6, 6.07) is 4.88. The van der Waals surface area contributed by atoms with E-state index in [1.807, 2.05) is 6.20 Å². The van der Waals surface area contributed by atoms with Crippen molar-refractivity contribution in [2.75, 3.05) is 13.1 Å². The molecule has 1 saturated heterocycles. The van der Waals surface area contributed by atoms with E-state index < -0.39 is 0 Å². The Labute approximate surface area is 127 Å². The molecule has 0 spiro atoms. The standard InChI is InChI=1S/C17H26N4/c1-13(2)20-6-3-4-15(12-20)9-17-19-11-16-8-14(10-18)5-7-21(16)17/h5,7-8,11,13,15H,3-4,6,9-10,12,18H2,1-2H3. The molecule has 0 amide bonds. The highest BCUT2D eigenvalue weighted by Crippen LogP contribution is 2.22. The molecular weight excluding hydrogens is 260 g/mol. The molecule has 1 aliphatic rings. The first kappa shape index (κ1) is 14.5. The lowest BCUT2D eigenvalue weighted by Gasteiger charge is -2.35. The van der Waals surface area contributed by atoms with E-state index in [9.17, 15) is 0 Å². The number of pyridine rings is 1. The summed E-state index contributed by atoms with van der Waals surface area (Å²) in [7, 11) is 0. The van der Waals surface area contributed by atoms with E-state index >= 15 is 0 Å². The zero-order valence-electron chi connectivity index (χ0n) is 13.1. The van der Waals surface area contributed by atoms with Crippen LogP contribution < -0.4 is 5.73 Å². The lowest BCUT2D eigenvalue weighted by Crippen LogP contribution is -2.40. The number of imidazole rings is 1. The van der Waals surface area contributed by atoms with Gasteiger partial charge in [-0.05, 0) is 56.8 Å². The van der Waals surface area contributed by atoms with E-state index in [2.05, 4.69) is 46.5 Å². The molecule has 3 rings (SSSR count). The Morgan fingerprint density at radius 1 is 1.43 bits per heavy atom. The number of piperidine rings is 1. The molecule has 3 heterocycles. The summed E-state index contributed by atoms with van der Waals surface area (Å²) in [4.78, 5) is 7.23. The molecule has 114 valence electrons. The second-order valence-corrected chi connectivity index (χ2v) is 6.51. The van der Waals surface area contributed by atoms with E-state index in [1.54, 1.807) is 0 Å². The van der Waals surface area contributed by atoms with E-state index in [0.717, 1.165) is 23.4 Å². The quantitative estimate of drug-likeness (QED) is 0.939. The minimum Gasteiger partial charge on any atom is -0.326 e. The zero-order valence-corrected chi connectivity index (χ0v) is 13.1. The average Bonchev–Trinajstić information content (AvgIpc) is 2.89. The summed E-state index contributed by atoms with van der Waals surface area (Å²) < 4.78 is 2.22. The van der Waals surface area contributed by atoms with Crippen LogP contribution in [0.25, 0.3) is 5.52 Å². The molecule has 4 nitrogen and oxygen atoms in total. The van der Waals surface area contributed by atoms with Gasteiger partial charge in [0.25, 0.3) is 0 Å². The zero-order chi connectivity index (χ0) is 14.8. The third-order valence-corrected chi connectivity index (χ3v) is 4.66. The van der Waals surface area contributed by atoms with Crippen molar-refractivity contribution in [3.63, 3.8) is 0 Å². The van der Waals surface area contributed by atoms with Gasteiger partial charge in [0.05, 0.1) is 11.7 Å². The first-order chi connectivity index (χ1) is 10.2. The molecule has 1 atom stereocenters. The summed E-state index contributed by atoms with van der Waals surface area (Å²) in [6.07, 6.45) is 7.78. The maximum atomic E-state index is 5.71. The van der Waals surface area contributed by atoms with E-state index in [-0.39, 0.29) is 0 Å². The first-order valence-corrected chi connectivity index (χ1v) is 8.06. The third-order valence-electron chi connectivity index (χ3n) is 4.66. The monoisotopic (exact) mass is 286 g/mol. The van der Waals surface area contributed by atoms with Crippen LogP contribution in [0.2, 0.25) is 0 Å². The molecule has 21 heavy (non-hydrogen) atoms. The fourth-order valence-electron chi connectivity index (χ4n) is 3.37. The fraction of sp³-hybridized carbons (Fsp3) is 0.588. The van der Waals surface area contributed by atoms with Gasteiger partial charge in [-0.1, -0.05) is 0 Å². The number of likely N-dealkylation sites (tertiary alicyclic amines) is 1. The molecular formula is C17H26N4.